The van der Waals surface area contributed by atoms with Gasteiger partial charge in [0.05, 0.1) is 0 Å². The van der Waals surface area contributed by atoms with Crippen LogP contribution in [0.2, 0.25) is 0 Å². The molecule has 0 aromatic carbocycles. The average molecular weight is 193 g/mol. The van der Waals surface area contributed by atoms with Gasteiger partial charge in [-0.15, -0.1) is 0 Å². The van der Waals surface area contributed by atoms with Crippen LogP contribution in [0.1, 0.15) is 30.3 Å². The predicted molar refractivity (Wildman–Crippen MR) is 53.0 cm³/mol. The molecule has 1 saturated carbocycles. The molecule has 1 fully saturated rings. The van der Waals surface area contributed by atoms with Crippen molar-refractivity contribution < 1.29 is 4.79 Å². The Morgan fingerprint density at radius 3 is 2.93 bits per heavy atom. The Labute approximate surface area is 83.1 Å². The first kappa shape index (κ1) is 9.40. The molecule has 1 heterocycles. The lowest BCUT2D eigenvalue weighted by Crippen LogP contribution is -2.27. The van der Waals surface area contributed by atoms with Crippen LogP contribution in [0.4, 0.5) is 0 Å². The molecule has 0 unspecified atom stereocenters. The average Bonchev–Trinajstić information content (AvgIpc) is 2.87. The van der Waals surface area contributed by atoms with Crippen molar-refractivity contribution in [3.8, 4) is 0 Å². The number of carbonyl (C=O) groups is 1. The highest BCUT2D eigenvalue weighted by Gasteiger charge is 2.49. The topological polar surface area (TPSA) is 60.9 Å². The maximum absolute atomic E-state index is 12.1. The summed E-state index contributed by atoms with van der Waals surface area (Å²) in [5, 5.41) is 4.09. The molecule has 1 aliphatic carbocycles. The number of aryl methyl sites for hydroxylation is 1. The van der Waals surface area contributed by atoms with Gasteiger partial charge in [0.25, 0.3) is 0 Å². The Bertz CT molecular complexity index is 352. The fraction of sp³-hybridized carbons (Fsp3) is 0.600. The van der Waals surface area contributed by atoms with E-state index in [1.54, 1.807) is 16.9 Å². The highest BCUT2D eigenvalue weighted by molar-refractivity contribution is 6.01. The number of hydrogen-bond acceptors (Lipinski definition) is 3. The van der Waals surface area contributed by atoms with E-state index in [1.165, 1.54) is 0 Å². The van der Waals surface area contributed by atoms with Crippen LogP contribution in [0.3, 0.4) is 0 Å². The third-order valence-corrected chi connectivity index (χ3v) is 2.97. The number of carbonyl (C=O) groups excluding carboxylic acids is 1. The van der Waals surface area contributed by atoms with E-state index >= 15 is 0 Å². The number of nitrogens with two attached hydrogens (primary N) is 1. The summed E-state index contributed by atoms with van der Waals surface area (Å²) < 4.78 is 1.73. The van der Waals surface area contributed by atoms with Crippen LogP contribution in [-0.2, 0) is 6.54 Å². The second kappa shape index (κ2) is 3.20. The zero-order chi connectivity index (χ0) is 10.2. The summed E-state index contributed by atoms with van der Waals surface area (Å²) in [7, 11) is 0. The number of hydrogen-bond donors (Lipinski definition) is 1. The van der Waals surface area contributed by atoms with Gasteiger partial charge in [-0.3, -0.25) is 9.48 Å². The Morgan fingerprint density at radius 2 is 2.43 bits per heavy atom. The maximum atomic E-state index is 12.1. The lowest BCUT2D eigenvalue weighted by Gasteiger charge is -2.11. The molecule has 4 nitrogen and oxygen atoms in total. The first-order chi connectivity index (χ1) is 6.73. The van der Waals surface area contributed by atoms with Crippen molar-refractivity contribution in [2.45, 2.75) is 26.3 Å². The molecule has 0 aliphatic heterocycles. The fourth-order valence-electron chi connectivity index (χ4n) is 1.72. The van der Waals surface area contributed by atoms with Gasteiger partial charge in [-0.1, -0.05) is 0 Å². The van der Waals surface area contributed by atoms with Gasteiger partial charge in [0.2, 0.25) is 0 Å². The smallest absolute Gasteiger partial charge is 0.188 e. The lowest BCUT2D eigenvalue weighted by molar-refractivity contribution is 0.0894. The first-order valence-electron chi connectivity index (χ1n) is 5.00. The van der Waals surface area contributed by atoms with E-state index in [0.29, 0.717) is 12.2 Å². The molecular formula is C10H15N3O. The van der Waals surface area contributed by atoms with Gasteiger partial charge in [-0.05, 0) is 25.8 Å². The van der Waals surface area contributed by atoms with Crippen LogP contribution in [0.15, 0.2) is 12.3 Å². The van der Waals surface area contributed by atoms with Crippen LogP contribution in [0, 0.1) is 5.41 Å². The Hall–Kier alpha value is -1.16. The van der Waals surface area contributed by atoms with Crippen molar-refractivity contribution in [1.29, 1.82) is 0 Å². The molecule has 14 heavy (non-hydrogen) atoms. The zero-order valence-corrected chi connectivity index (χ0v) is 8.36. The third kappa shape index (κ3) is 1.26. The molecule has 0 radical (unpaired) electrons. The molecular weight excluding hydrogens is 178 g/mol. The zero-order valence-electron chi connectivity index (χ0n) is 8.36. The van der Waals surface area contributed by atoms with Crippen LogP contribution in [0.5, 0.6) is 0 Å². The second-order valence-corrected chi connectivity index (χ2v) is 3.85. The predicted octanol–water partition coefficient (Wildman–Crippen LogP) is 0.825. The molecule has 4 heteroatoms. The first-order valence-corrected chi connectivity index (χ1v) is 5.00. The standard InChI is InChI=1S/C10H15N3O/c1-2-13-8(3-6-12-13)9(14)10(7-11)4-5-10/h3,6H,2,4-5,7,11H2,1H3. The van der Waals surface area contributed by atoms with Crippen LogP contribution in [0.25, 0.3) is 0 Å². The van der Waals surface area contributed by atoms with Crippen molar-refractivity contribution in [2.75, 3.05) is 6.54 Å². The molecule has 0 saturated heterocycles. The summed E-state index contributed by atoms with van der Waals surface area (Å²) in [5.41, 5.74) is 6.06. The monoisotopic (exact) mass is 193 g/mol. The maximum Gasteiger partial charge on any atom is 0.188 e. The summed E-state index contributed by atoms with van der Waals surface area (Å²) in [5.74, 6) is 0.166. The quantitative estimate of drug-likeness (QED) is 0.720. The normalized spacial score (nSPS) is 18.1. The molecule has 76 valence electrons. The third-order valence-electron chi connectivity index (χ3n) is 2.97. The van der Waals surface area contributed by atoms with E-state index in [-0.39, 0.29) is 11.2 Å². The van der Waals surface area contributed by atoms with Gasteiger partial charge in [0.1, 0.15) is 5.69 Å². The molecule has 1 aliphatic rings. The van der Waals surface area contributed by atoms with Gasteiger partial charge < -0.3 is 5.73 Å². The Kier molecular flexibility index (Phi) is 2.15. The van der Waals surface area contributed by atoms with Crippen LogP contribution >= 0.6 is 0 Å². The summed E-state index contributed by atoms with van der Waals surface area (Å²) in [6.45, 7) is 3.17. The van der Waals surface area contributed by atoms with E-state index in [2.05, 4.69) is 5.10 Å². The minimum atomic E-state index is -0.257. The highest BCUT2D eigenvalue weighted by atomic mass is 16.1. The van der Waals surface area contributed by atoms with Crippen molar-refractivity contribution in [3.05, 3.63) is 18.0 Å². The van der Waals surface area contributed by atoms with Crippen LogP contribution in [-0.4, -0.2) is 22.1 Å². The highest BCUT2D eigenvalue weighted by Crippen LogP contribution is 2.47. The SMILES string of the molecule is CCn1nccc1C(=O)C1(CN)CC1. The number of rotatable bonds is 4. The number of nitrogens with zero attached hydrogens (tertiary/aromatic N) is 2. The second-order valence-electron chi connectivity index (χ2n) is 3.85. The number of aromatic nitrogens is 2. The summed E-state index contributed by atoms with van der Waals surface area (Å²) in [6.07, 6.45) is 3.53. The van der Waals surface area contributed by atoms with Gasteiger partial charge in [-0.25, -0.2) is 0 Å². The van der Waals surface area contributed by atoms with Crippen molar-refractivity contribution >= 4 is 5.78 Å². The summed E-state index contributed by atoms with van der Waals surface area (Å²) >= 11 is 0. The summed E-state index contributed by atoms with van der Waals surface area (Å²) in [4.78, 5) is 12.1. The molecule has 1 aromatic heterocycles. The molecule has 0 bridgehead atoms. The van der Waals surface area contributed by atoms with Crippen molar-refractivity contribution in [1.82, 2.24) is 9.78 Å². The summed E-state index contributed by atoms with van der Waals surface area (Å²) in [6, 6.07) is 1.78. The lowest BCUT2D eigenvalue weighted by atomic mass is 9.99. The van der Waals surface area contributed by atoms with Crippen molar-refractivity contribution in [3.63, 3.8) is 0 Å². The van der Waals surface area contributed by atoms with Gasteiger partial charge >= 0.3 is 0 Å². The Balaban J connectivity index is 2.27. The van der Waals surface area contributed by atoms with E-state index in [4.69, 9.17) is 5.73 Å². The number of ketones is 1. The van der Waals surface area contributed by atoms with Gasteiger partial charge in [-0.2, -0.15) is 5.10 Å². The van der Waals surface area contributed by atoms with Gasteiger partial charge in [0, 0.05) is 24.7 Å². The molecule has 0 spiro atoms. The molecule has 2 N–H and O–H groups in total. The van der Waals surface area contributed by atoms with Crippen LogP contribution < -0.4 is 5.73 Å². The largest absolute Gasteiger partial charge is 0.329 e. The van der Waals surface area contributed by atoms with E-state index < -0.39 is 0 Å². The van der Waals surface area contributed by atoms with E-state index in [0.717, 1.165) is 19.4 Å². The van der Waals surface area contributed by atoms with Crippen molar-refractivity contribution in [2.24, 2.45) is 11.1 Å². The van der Waals surface area contributed by atoms with E-state index in [9.17, 15) is 4.79 Å². The molecule has 0 atom stereocenters. The minimum absolute atomic E-state index is 0.166. The number of Topliss-reactive ketones (excluding diaryl/α,β-unsaturated/α-hetero) is 1. The minimum Gasteiger partial charge on any atom is -0.329 e. The van der Waals surface area contributed by atoms with E-state index in [1.807, 2.05) is 6.92 Å². The molecule has 2 rings (SSSR count). The molecule has 0 amide bonds. The fourth-order valence-corrected chi connectivity index (χ4v) is 1.72. The van der Waals surface area contributed by atoms with Gasteiger partial charge in [0.15, 0.2) is 5.78 Å². The molecule has 1 aromatic rings. The Morgan fingerprint density at radius 1 is 1.71 bits per heavy atom.